The first-order valence-electron chi connectivity index (χ1n) is 36.0. The van der Waals surface area contributed by atoms with Crippen LogP contribution in [-0.2, 0) is 10.8 Å². The molecule has 4 aromatic heterocycles. The zero-order chi connectivity index (χ0) is 70.4. The summed E-state index contributed by atoms with van der Waals surface area (Å²) in [6.45, 7) is 17.9. The zero-order valence-corrected chi connectivity index (χ0v) is 41.4. The van der Waals surface area contributed by atoms with Crippen LogP contribution in [0.4, 0.5) is 34.1 Å². The van der Waals surface area contributed by atoms with Crippen LogP contribution in [0.1, 0.15) is 136 Å². The second-order valence-electron chi connectivity index (χ2n) is 21.2. The summed E-state index contributed by atoms with van der Waals surface area (Å²) in [5.74, 6) is -1.04. The lowest BCUT2D eigenvalue weighted by Crippen LogP contribution is -2.12. The van der Waals surface area contributed by atoms with Gasteiger partial charge >= 0.3 is 0 Å². The van der Waals surface area contributed by atoms with E-state index >= 15 is 0 Å². The number of nitrogens with zero attached hydrogens (tertiary/aromatic N) is 4. The van der Waals surface area contributed by atoms with Crippen LogP contribution in [0, 0.1) is 0 Å². The number of rotatable bonds is 8. The fourth-order valence-electron chi connectivity index (χ4n) is 10.6. The van der Waals surface area contributed by atoms with Crippen molar-refractivity contribution in [2.75, 3.05) is 9.80 Å². The van der Waals surface area contributed by atoms with Crippen LogP contribution in [0.15, 0.2) is 181 Å². The van der Waals surface area contributed by atoms with Crippen molar-refractivity contribution in [2.45, 2.75) is 91.9 Å². The molecule has 4 nitrogen and oxygen atoms in total. The fraction of sp³-hybridized carbons (Fsp3) is 0.206. The lowest BCUT2D eigenvalue weighted by molar-refractivity contribution is 0.594. The van der Waals surface area contributed by atoms with E-state index in [9.17, 15) is 24.7 Å². The summed E-state index contributed by atoms with van der Waals surface area (Å²) in [6.07, 6.45) is 0. The maximum Gasteiger partial charge on any atom is 0.0645 e. The summed E-state index contributed by atoms with van der Waals surface area (Å²) in [7, 11) is 0. The van der Waals surface area contributed by atoms with Gasteiger partial charge in [-0.15, -0.1) is 0 Å². The van der Waals surface area contributed by atoms with Crippen molar-refractivity contribution in [1.29, 1.82) is 0 Å². The summed E-state index contributed by atoms with van der Waals surface area (Å²) in [5.41, 5.74) is -1.32. The van der Waals surface area contributed by atoms with Gasteiger partial charge in [0.2, 0.25) is 0 Å². The van der Waals surface area contributed by atoms with Crippen molar-refractivity contribution in [3.05, 3.63) is 204 Å². The molecule has 0 atom stereocenters. The number of fused-ring (bicyclic) bond motifs is 12. The lowest BCUT2D eigenvalue weighted by atomic mass is 9.85. The maximum atomic E-state index is 9.96. The quantitative estimate of drug-likeness (QED) is 0.151. The topological polar surface area (TPSA) is 15.3 Å². The van der Waals surface area contributed by atoms with E-state index < -0.39 is 178 Å². The van der Waals surface area contributed by atoms with Crippen molar-refractivity contribution in [1.82, 2.24) is 8.80 Å². The van der Waals surface area contributed by atoms with Crippen LogP contribution in [0.5, 0.6) is 0 Å². The molecule has 4 heterocycles. The Balaban J connectivity index is 1.28. The minimum atomic E-state index is -0.976. The van der Waals surface area contributed by atoms with Gasteiger partial charge in [0.25, 0.3) is 0 Å². The highest BCUT2D eigenvalue weighted by molar-refractivity contribution is 6.32. The van der Waals surface area contributed by atoms with Gasteiger partial charge < -0.3 is 18.6 Å². The van der Waals surface area contributed by atoms with E-state index in [0.29, 0.717) is 54.7 Å². The van der Waals surface area contributed by atoms with Gasteiger partial charge in [-0.3, -0.25) is 0 Å². The molecule has 0 radical (unpaired) electrons. The first-order chi connectivity index (χ1) is 44.7. The predicted molar refractivity (Wildman–Crippen MR) is 311 cm³/mol. The number of hydrogen-bond donors (Lipinski definition) is 0. The molecule has 0 saturated carbocycles. The Morgan fingerprint density at radius 3 is 1.08 bits per heavy atom. The monoisotopic (exact) mass is 959 g/mol. The third-order valence-electron chi connectivity index (χ3n) is 13.8. The number of aromatic nitrogens is 2. The molecule has 0 fully saturated rings. The maximum absolute atomic E-state index is 9.96. The van der Waals surface area contributed by atoms with Crippen molar-refractivity contribution in [2.24, 2.45) is 0 Å². The van der Waals surface area contributed by atoms with Gasteiger partial charge in [-0.25, -0.2) is 0 Å². The molecule has 72 heavy (non-hydrogen) atoms. The molecule has 13 rings (SSSR count). The molecule has 0 aliphatic carbocycles. The smallest absolute Gasteiger partial charge is 0.0645 e. The summed E-state index contributed by atoms with van der Waals surface area (Å²) in [6, 6.07) is -4.04. The third kappa shape index (κ3) is 6.43. The van der Waals surface area contributed by atoms with Gasteiger partial charge in [0.1, 0.15) is 0 Å². The average Bonchev–Trinajstić information content (AvgIpc) is 1.50. The van der Waals surface area contributed by atoms with Gasteiger partial charge in [-0.1, -0.05) is 178 Å². The summed E-state index contributed by atoms with van der Waals surface area (Å²) in [5, 5.41) is 2.29. The molecular weight excluding hydrogens is 873 g/mol. The number of benzene rings is 9. The highest BCUT2D eigenvalue weighted by atomic mass is 15.2. The molecule has 0 bridgehead atoms. The van der Waals surface area contributed by atoms with Crippen molar-refractivity contribution in [3.8, 4) is 0 Å². The SMILES string of the molecule is [2H]c1c([2H])c([2H])c(N(c2c([2H])c([2H])c(C(C)C)c([2H])c2[2H])c2ccc3c4cc5c(cc4n4c6c(C(C)(C)C)c([2H])c([2H])c([2H])c6c2c34)c2ccc(N(c3c([2H])c([2H])c([2H])c([2H])c3[2H])c3c([2H])c([2H])c(C(C)C)c([2H])c3[2H])c3c4c([2H])c([2H])c([2H])c(C(C)(C)C)c4n5c23)c([2H])c1[2H]. The van der Waals surface area contributed by atoms with Crippen molar-refractivity contribution >= 4 is 110 Å². The van der Waals surface area contributed by atoms with Crippen LogP contribution in [-0.4, -0.2) is 8.80 Å². The summed E-state index contributed by atoms with van der Waals surface area (Å²) in [4.78, 5) is 2.23. The van der Waals surface area contributed by atoms with Crippen molar-refractivity contribution in [3.63, 3.8) is 0 Å². The van der Waals surface area contributed by atoms with E-state index in [2.05, 4.69) is 0 Å². The molecule has 13 aromatic rings. The normalized spacial score (nSPS) is 17.5. The Kier molecular flexibility index (Phi) is 5.62. The Morgan fingerprint density at radius 2 is 0.736 bits per heavy atom. The molecule has 354 valence electrons. The van der Waals surface area contributed by atoms with Gasteiger partial charge in [-0.05, 0) is 118 Å². The molecule has 0 amide bonds. The van der Waals surface area contributed by atoms with E-state index in [1.165, 1.54) is 12.1 Å². The predicted octanol–water partition coefficient (Wildman–Crippen LogP) is 19.8. The zero-order valence-electron chi connectivity index (χ0n) is 65.4. The van der Waals surface area contributed by atoms with Crippen LogP contribution >= 0.6 is 0 Å². The first kappa shape index (κ1) is 25.5. The second kappa shape index (κ2) is 15.8. The van der Waals surface area contributed by atoms with Crippen molar-refractivity contribution < 1.29 is 32.9 Å². The summed E-state index contributed by atoms with van der Waals surface area (Å²) < 4.78 is 229. The van der Waals surface area contributed by atoms with E-state index in [0.717, 1.165) is 9.80 Å². The van der Waals surface area contributed by atoms with Crippen LogP contribution in [0.2, 0.25) is 0 Å². The van der Waals surface area contributed by atoms with Crippen LogP contribution in [0.3, 0.4) is 0 Å². The van der Waals surface area contributed by atoms with Gasteiger partial charge in [-0.2, -0.15) is 0 Å². The Bertz CT molecular complexity index is 5230. The Hall–Kier alpha value is -7.82. The minimum absolute atomic E-state index is 0.0628. The van der Waals surface area contributed by atoms with E-state index in [1.54, 1.807) is 39.8 Å². The molecule has 4 heteroatoms. The van der Waals surface area contributed by atoms with E-state index in [4.69, 9.17) is 8.22 Å². The molecule has 0 unspecified atom stereocenters. The highest BCUT2D eigenvalue weighted by Crippen LogP contribution is 2.53. The van der Waals surface area contributed by atoms with Gasteiger partial charge in [0.15, 0.2) is 0 Å². The Morgan fingerprint density at radius 1 is 0.375 bits per heavy atom. The minimum Gasteiger partial charge on any atom is -0.310 e. The second-order valence-corrected chi connectivity index (χ2v) is 21.2. The molecular formula is C68H62N4. The number of para-hydroxylation sites is 4. The standard InChI is InChI=1S/C68H62N4/c1-41(2)43-27-31-47(32-28-43)69(45-19-13-11-14-20-45)57-37-35-49-53-39-60-54(40-59(53)71-63-51(61(57)65(49)71)23-17-25-55(63)67(5,6)7)50-36-38-58(62-52-24-18-26-56(68(8,9)10)64(52)72(60)66(50)62)70(46-21-15-12-16-22-46)48-33-29-44(30-34-48)42(3)4/h11-42H,1-10H3/i11D,12D,13D,14D,15D,16D,17D,18D,19D,20D,21D,22D,23D,24D,25D,26D,27D,28D,29D,30D,31D,32D,33D,34D. The highest BCUT2D eigenvalue weighted by Gasteiger charge is 2.31. The molecule has 0 N–H and O–H groups in total. The fourth-order valence-corrected chi connectivity index (χ4v) is 10.6. The third-order valence-corrected chi connectivity index (χ3v) is 13.8. The first-order valence-corrected chi connectivity index (χ1v) is 24.0. The summed E-state index contributed by atoms with van der Waals surface area (Å²) >= 11 is 0. The van der Waals surface area contributed by atoms with E-state index in [1.807, 2.05) is 62.5 Å². The molecule has 0 aliphatic heterocycles. The number of anilines is 6. The average molecular weight is 959 g/mol. The van der Waals surface area contributed by atoms with Gasteiger partial charge in [0, 0.05) is 65.8 Å². The number of hydrogen-bond acceptors (Lipinski definition) is 2. The Labute approximate surface area is 456 Å². The van der Waals surface area contributed by atoms with Crippen LogP contribution in [0.25, 0.3) is 76.2 Å². The molecule has 0 aliphatic rings. The lowest BCUT2D eigenvalue weighted by Gasteiger charge is -2.27. The largest absolute Gasteiger partial charge is 0.310 e. The van der Waals surface area contributed by atoms with Gasteiger partial charge in [0.05, 0.1) is 77.4 Å². The molecule has 0 saturated heterocycles. The molecule has 9 aromatic carbocycles. The molecule has 0 spiro atoms. The van der Waals surface area contributed by atoms with E-state index in [-0.39, 0.29) is 67.2 Å². The van der Waals surface area contributed by atoms with Crippen LogP contribution < -0.4 is 9.80 Å².